The van der Waals surface area contributed by atoms with Crippen LogP contribution in [0.5, 0.6) is 5.75 Å². The summed E-state index contributed by atoms with van der Waals surface area (Å²) < 4.78 is 28.5. The highest BCUT2D eigenvalue weighted by atomic mass is 31.2. The SMILES string of the molecule is COP(=O)(CCP1Oc2ccccc2-c2ccccc21)OC. The monoisotopic (exact) mass is 336 g/mol. The molecule has 0 aliphatic carbocycles. The van der Waals surface area contributed by atoms with Gasteiger partial charge in [0, 0.05) is 31.2 Å². The maximum absolute atomic E-state index is 12.3. The molecule has 0 saturated heterocycles. The standard InChI is InChI=1S/C16H18O4P2/c1-18-22(17,19-2)12-11-21-16-10-6-4-8-14(16)13-7-3-5-9-15(13)20-21/h3-10H,11-12H2,1-2H3. The number of hydrogen-bond acceptors (Lipinski definition) is 4. The molecule has 1 aliphatic rings. The van der Waals surface area contributed by atoms with E-state index in [1.165, 1.54) is 25.1 Å². The molecule has 1 heterocycles. The molecule has 1 aliphatic heterocycles. The van der Waals surface area contributed by atoms with Gasteiger partial charge in [0.15, 0.2) is 0 Å². The first kappa shape index (κ1) is 15.7. The number of para-hydroxylation sites is 1. The molecule has 1 atom stereocenters. The topological polar surface area (TPSA) is 44.8 Å². The van der Waals surface area contributed by atoms with Crippen molar-refractivity contribution >= 4 is 21.0 Å². The molecule has 1 unspecified atom stereocenters. The minimum absolute atomic E-state index is 0.349. The zero-order valence-electron chi connectivity index (χ0n) is 12.6. The van der Waals surface area contributed by atoms with E-state index in [0.717, 1.165) is 11.3 Å². The van der Waals surface area contributed by atoms with Crippen molar-refractivity contribution in [2.24, 2.45) is 0 Å². The Hall–Kier alpha value is -1.18. The van der Waals surface area contributed by atoms with Crippen molar-refractivity contribution in [1.29, 1.82) is 0 Å². The summed E-state index contributed by atoms with van der Waals surface area (Å²) in [6, 6.07) is 16.3. The van der Waals surface area contributed by atoms with Gasteiger partial charge < -0.3 is 13.6 Å². The maximum atomic E-state index is 12.3. The van der Waals surface area contributed by atoms with Gasteiger partial charge >= 0.3 is 7.60 Å². The highest BCUT2D eigenvalue weighted by molar-refractivity contribution is 7.63. The first-order chi connectivity index (χ1) is 10.7. The fraction of sp³-hybridized carbons (Fsp3) is 0.250. The van der Waals surface area contributed by atoms with E-state index in [1.807, 2.05) is 30.3 Å². The van der Waals surface area contributed by atoms with E-state index in [2.05, 4.69) is 18.2 Å². The molecule has 0 amide bonds. The van der Waals surface area contributed by atoms with Gasteiger partial charge in [-0.2, -0.15) is 0 Å². The van der Waals surface area contributed by atoms with Crippen LogP contribution in [0.2, 0.25) is 0 Å². The summed E-state index contributed by atoms with van der Waals surface area (Å²) in [6.07, 6.45) is 0.988. The molecule has 0 aromatic heterocycles. The predicted molar refractivity (Wildman–Crippen MR) is 90.4 cm³/mol. The quantitative estimate of drug-likeness (QED) is 0.766. The van der Waals surface area contributed by atoms with Crippen molar-refractivity contribution in [3.63, 3.8) is 0 Å². The van der Waals surface area contributed by atoms with Crippen LogP contribution in [0.4, 0.5) is 0 Å². The summed E-state index contributed by atoms with van der Waals surface area (Å²) in [6.45, 7) is 0. The van der Waals surface area contributed by atoms with E-state index in [9.17, 15) is 4.57 Å². The zero-order chi connectivity index (χ0) is 15.6. The molecule has 0 fully saturated rings. The van der Waals surface area contributed by atoms with Gasteiger partial charge in [-0.05, 0) is 11.6 Å². The van der Waals surface area contributed by atoms with Crippen LogP contribution in [-0.4, -0.2) is 26.5 Å². The van der Waals surface area contributed by atoms with Gasteiger partial charge in [0.2, 0.25) is 0 Å². The van der Waals surface area contributed by atoms with Gasteiger partial charge in [0.25, 0.3) is 0 Å². The third-order valence-electron chi connectivity index (χ3n) is 3.69. The molecular formula is C16H18O4P2. The molecule has 0 N–H and O–H groups in total. The van der Waals surface area contributed by atoms with Crippen LogP contribution in [0.25, 0.3) is 11.1 Å². The van der Waals surface area contributed by atoms with Crippen molar-refractivity contribution < 1.29 is 18.1 Å². The second-order valence-corrected chi connectivity index (χ2v) is 9.17. The lowest BCUT2D eigenvalue weighted by Crippen LogP contribution is -2.17. The summed E-state index contributed by atoms with van der Waals surface area (Å²) in [7, 11) is -1.05. The van der Waals surface area contributed by atoms with E-state index in [0.29, 0.717) is 12.3 Å². The summed E-state index contributed by atoms with van der Waals surface area (Å²) in [5, 5.41) is 1.18. The molecule has 0 spiro atoms. The first-order valence-electron chi connectivity index (χ1n) is 7.01. The van der Waals surface area contributed by atoms with Gasteiger partial charge in [0.05, 0.1) is 6.16 Å². The highest BCUT2D eigenvalue weighted by Gasteiger charge is 2.30. The molecule has 2 aromatic carbocycles. The molecule has 0 saturated carbocycles. The van der Waals surface area contributed by atoms with Crippen molar-refractivity contribution in [2.75, 3.05) is 26.5 Å². The average molecular weight is 336 g/mol. The fourth-order valence-corrected chi connectivity index (χ4v) is 6.26. The normalized spacial score (nSPS) is 16.5. The van der Waals surface area contributed by atoms with E-state index >= 15 is 0 Å². The Labute approximate surface area is 131 Å². The Morgan fingerprint density at radius 3 is 2.36 bits per heavy atom. The van der Waals surface area contributed by atoms with E-state index in [1.54, 1.807) is 0 Å². The number of fused-ring (bicyclic) bond motifs is 3. The van der Waals surface area contributed by atoms with Gasteiger partial charge in [-0.25, -0.2) is 0 Å². The predicted octanol–water partition coefficient (Wildman–Crippen LogP) is 4.25. The van der Waals surface area contributed by atoms with Crippen LogP contribution in [0.1, 0.15) is 0 Å². The molecule has 6 heteroatoms. The van der Waals surface area contributed by atoms with Crippen LogP contribution in [0.15, 0.2) is 48.5 Å². The Balaban J connectivity index is 1.90. The van der Waals surface area contributed by atoms with E-state index in [4.69, 9.17) is 13.6 Å². The molecule has 22 heavy (non-hydrogen) atoms. The maximum Gasteiger partial charge on any atom is 0.330 e. The largest absolute Gasteiger partial charge is 0.469 e. The van der Waals surface area contributed by atoms with Gasteiger partial charge in [-0.15, -0.1) is 0 Å². The van der Waals surface area contributed by atoms with Crippen LogP contribution in [0.3, 0.4) is 0 Å². The van der Waals surface area contributed by atoms with Crippen molar-refractivity contribution in [3.8, 4) is 16.9 Å². The molecule has 0 radical (unpaired) electrons. The highest BCUT2D eigenvalue weighted by Crippen LogP contribution is 2.53. The van der Waals surface area contributed by atoms with Gasteiger partial charge in [-0.1, -0.05) is 42.5 Å². The van der Waals surface area contributed by atoms with Crippen molar-refractivity contribution in [1.82, 2.24) is 0 Å². The number of hydrogen-bond donors (Lipinski definition) is 0. The minimum atomic E-state index is -3.01. The average Bonchev–Trinajstić information content (AvgIpc) is 2.59. The number of rotatable bonds is 5. The lowest BCUT2D eigenvalue weighted by atomic mass is 10.0. The van der Waals surface area contributed by atoms with E-state index < -0.39 is 15.7 Å². The Morgan fingerprint density at radius 2 is 1.64 bits per heavy atom. The van der Waals surface area contributed by atoms with Crippen LogP contribution >= 0.6 is 15.7 Å². The summed E-state index contributed by atoms with van der Waals surface area (Å²) in [5.41, 5.74) is 2.30. The van der Waals surface area contributed by atoms with Gasteiger partial charge in [0.1, 0.15) is 13.9 Å². The van der Waals surface area contributed by atoms with Crippen LogP contribution in [0, 0.1) is 0 Å². The minimum Gasteiger partial charge on any atom is -0.469 e. The fourth-order valence-electron chi connectivity index (χ4n) is 2.49. The summed E-state index contributed by atoms with van der Waals surface area (Å²) in [5.74, 6) is 0.886. The van der Waals surface area contributed by atoms with Crippen molar-refractivity contribution in [3.05, 3.63) is 48.5 Å². The summed E-state index contributed by atoms with van der Waals surface area (Å²) >= 11 is 0. The molecule has 116 valence electrons. The number of benzene rings is 2. The van der Waals surface area contributed by atoms with Gasteiger partial charge in [-0.3, -0.25) is 4.57 Å². The smallest absolute Gasteiger partial charge is 0.330 e. The Kier molecular flexibility index (Phi) is 4.65. The summed E-state index contributed by atoms with van der Waals surface area (Å²) in [4.78, 5) is 0. The molecule has 0 bridgehead atoms. The molecule has 4 nitrogen and oxygen atoms in total. The van der Waals surface area contributed by atoms with E-state index in [-0.39, 0.29) is 0 Å². The zero-order valence-corrected chi connectivity index (χ0v) is 14.3. The lowest BCUT2D eigenvalue weighted by Gasteiger charge is -2.28. The van der Waals surface area contributed by atoms with Crippen molar-refractivity contribution in [2.45, 2.75) is 0 Å². The van der Waals surface area contributed by atoms with Crippen LogP contribution < -0.4 is 9.83 Å². The van der Waals surface area contributed by atoms with Crippen LogP contribution in [-0.2, 0) is 13.6 Å². The lowest BCUT2D eigenvalue weighted by molar-refractivity contribution is 0.277. The Morgan fingerprint density at radius 1 is 1.00 bits per heavy atom. The second-order valence-electron chi connectivity index (χ2n) is 4.91. The molecular weight excluding hydrogens is 318 g/mol. The third-order valence-corrected chi connectivity index (χ3v) is 7.90. The third kappa shape index (κ3) is 2.98. The molecule has 2 aromatic rings. The Bertz CT molecular complexity index is 709. The molecule has 3 rings (SSSR count). The first-order valence-corrected chi connectivity index (χ1v) is 10.2. The second kappa shape index (κ2) is 6.52.